The Hall–Kier alpha value is -2.69. The minimum atomic E-state index is -0.349. The summed E-state index contributed by atoms with van der Waals surface area (Å²) in [6.07, 6.45) is 12.7. The van der Waals surface area contributed by atoms with E-state index in [0.29, 0.717) is 26.3 Å². The molecule has 1 aliphatic rings. The van der Waals surface area contributed by atoms with Gasteiger partial charge in [-0.3, -0.25) is 19.3 Å². The fraction of sp³-hybridized carbons (Fsp3) is 0.550. The topological polar surface area (TPSA) is 94.6 Å². The van der Waals surface area contributed by atoms with E-state index in [1.165, 1.54) is 12.2 Å². The molecule has 3 amide bonds. The van der Waals surface area contributed by atoms with Gasteiger partial charge in [0.15, 0.2) is 0 Å². The third-order valence-electron chi connectivity index (χ3n) is 3.69. The summed E-state index contributed by atoms with van der Waals surface area (Å²) in [4.78, 5) is 37.7. The van der Waals surface area contributed by atoms with Crippen molar-refractivity contribution in [3.63, 3.8) is 0 Å². The van der Waals surface area contributed by atoms with Crippen LogP contribution in [0.5, 0.6) is 0 Å². The third kappa shape index (κ3) is 10.4. The zero-order valence-electron chi connectivity index (χ0n) is 16.3. The van der Waals surface area contributed by atoms with E-state index in [-0.39, 0.29) is 63.9 Å². The van der Waals surface area contributed by atoms with Gasteiger partial charge in [-0.2, -0.15) is 0 Å². The monoisotopic (exact) mass is 406 g/mol. The lowest BCUT2D eigenvalue weighted by atomic mass is 10.4. The summed E-state index contributed by atoms with van der Waals surface area (Å²) in [5.41, 5.74) is 0. The Morgan fingerprint density at radius 3 is 1.97 bits per heavy atom. The summed E-state index contributed by atoms with van der Waals surface area (Å²) in [7, 11) is 0. The molecule has 29 heavy (non-hydrogen) atoms. The van der Waals surface area contributed by atoms with Crippen LogP contribution in [0.1, 0.15) is 0 Å². The van der Waals surface area contributed by atoms with Gasteiger partial charge >= 0.3 is 0 Å². The highest BCUT2D eigenvalue weighted by Gasteiger charge is 2.22. The second-order valence-corrected chi connectivity index (χ2v) is 5.72. The molecule has 0 aromatic heterocycles. The molecule has 0 bridgehead atoms. The largest absolute Gasteiger partial charge is 0.377 e. The number of carbonyl (C=O) groups excluding carboxylic acids is 3. The Morgan fingerprint density at radius 2 is 1.41 bits per heavy atom. The van der Waals surface area contributed by atoms with Gasteiger partial charge in [0.1, 0.15) is 19.8 Å². The molecule has 0 saturated carbocycles. The minimum Gasteiger partial charge on any atom is -0.377 e. The predicted molar refractivity (Wildman–Crippen MR) is 103 cm³/mol. The molecule has 1 rings (SSSR count). The molecule has 0 spiro atoms. The van der Waals surface area contributed by atoms with Crippen LogP contribution in [0.4, 0.5) is 0 Å². The van der Waals surface area contributed by atoms with Gasteiger partial charge in [0, 0.05) is 25.2 Å². The minimum absolute atomic E-state index is 0.124. The lowest BCUT2D eigenvalue weighted by Gasteiger charge is -2.22. The lowest BCUT2D eigenvalue weighted by Crippen LogP contribution is -2.39. The molecule has 0 N–H and O–H groups in total. The van der Waals surface area contributed by atoms with Crippen LogP contribution in [-0.2, 0) is 33.3 Å². The Bertz CT molecular complexity index is 608. The number of nitrogens with zero attached hydrogens (tertiary/aromatic N) is 2. The van der Waals surface area contributed by atoms with Gasteiger partial charge in [-0.1, -0.05) is 11.8 Å². The summed E-state index contributed by atoms with van der Waals surface area (Å²) >= 11 is 0. The van der Waals surface area contributed by atoms with E-state index < -0.39 is 0 Å². The van der Waals surface area contributed by atoms with Gasteiger partial charge in [0.2, 0.25) is 5.91 Å². The maximum Gasteiger partial charge on any atom is 0.253 e. The van der Waals surface area contributed by atoms with Gasteiger partial charge in [0.05, 0.1) is 39.6 Å². The number of ether oxygens (including phenoxy) is 4. The van der Waals surface area contributed by atoms with Gasteiger partial charge in [0.25, 0.3) is 11.8 Å². The van der Waals surface area contributed by atoms with Crippen LogP contribution in [0.25, 0.3) is 0 Å². The number of hydrogen-bond donors (Lipinski definition) is 0. The first-order valence-electron chi connectivity index (χ1n) is 9.09. The maximum atomic E-state index is 12.3. The van der Waals surface area contributed by atoms with Crippen molar-refractivity contribution in [3.8, 4) is 24.7 Å². The molecule has 0 atom stereocenters. The summed E-state index contributed by atoms with van der Waals surface area (Å²) in [6.45, 7) is 2.33. The molecule has 0 aliphatic carbocycles. The van der Waals surface area contributed by atoms with Crippen molar-refractivity contribution in [2.75, 3.05) is 72.5 Å². The Kier molecular flexibility index (Phi) is 12.8. The van der Waals surface area contributed by atoms with E-state index in [9.17, 15) is 14.4 Å². The van der Waals surface area contributed by atoms with Gasteiger partial charge < -0.3 is 23.8 Å². The van der Waals surface area contributed by atoms with Crippen LogP contribution in [0.15, 0.2) is 12.2 Å². The average molecular weight is 406 g/mol. The molecule has 0 radical (unpaired) electrons. The highest BCUT2D eigenvalue weighted by molar-refractivity contribution is 6.12. The smallest absolute Gasteiger partial charge is 0.253 e. The number of imide groups is 1. The maximum absolute atomic E-state index is 12.3. The number of amides is 3. The second-order valence-electron chi connectivity index (χ2n) is 5.72. The van der Waals surface area contributed by atoms with E-state index in [1.54, 1.807) is 4.90 Å². The molecule has 1 heterocycles. The first kappa shape index (κ1) is 24.3. The fourth-order valence-electron chi connectivity index (χ4n) is 2.25. The highest BCUT2D eigenvalue weighted by atomic mass is 16.5. The molecule has 9 heteroatoms. The number of terminal acetylenes is 2. The van der Waals surface area contributed by atoms with Gasteiger partial charge in [-0.05, 0) is 0 Å². The van der Waals surface area contributed by atoms with Gasteiger partial charge in [-0.15, -0.1) is 12.8 Å². The summed E-state index contributed by atoms with van der Waals surface area (Å²) in [5.74, 6) is 3.79. The molecule has 158 valence electrons. The molecule has 0 saturated heterocycles. The van der Waals surface area contributed by atoms with E-state index in [1.807, 2.05) is 0 Å². The average Bonchev–Trinajstić information content (AvgIpc) is 3.03. The number of hydrogen-bond acceptors (Lipinski definition) is 7. The molecular formula is C20H26N2O7. The van der Waals surface area contributed by atoms with Crippen molar-refractivity contribution in [1.82, 2.24) is 9.80 Å². The van der Waals surface area contributed by atoms with Crippen LogP contribution in [0.2, 0.25) is 0 Å². The van der Waals surface area contributed by atoms with Crippen molar-refractivity contribution >= 4 is 17.7 Å². The van der Waals surface area contributed by atoms with Gasteiger partial charge in [-0.25, -0.2) is 0 Å². The van der Waals surface area contributed by atoms with Crippen molar-refractivity contribution in [3.05, 3.63) is 12.2 Å². The van der Waals surface area contributed by atoms with E-state index >= 15 is 0 Å². The molecular weight excluding hydrogens is 380 g/mol. The van der Waals surface area contributed by atoms with E-state index in [0.717, 1.165) is 4.90 Å². The van der Waals surface area contributed by atoms with Crippen LogP contribution in [0.3, 0.4) is 0 Å². The predicted octanol–water partition coefficient (Wildman–Crippen LogP) is -0.927. The first-order valence-corrected chi connectivity index (χ1v) is 9.09. The van der Waals surface area contributed by atoms with E-state index in [4.69, 9.17) is 31.8 Å². The molecule has 0 unspecified atom stereocenters. The normalized spacial score (nSPS) is 12.8. The third-order valence-corrected chi connectivity index (χ3v) is 3.69. The quantitative estimate of drug-likeness (QED) is 0.186. The van der Waals surface area contributed by atoms with Crippen LogP contribution < -0.4 is 0 Å². The Labute approximate surface area is 170 Å². The highest BCUT2D eigenvalue weighted by Crippen LogP contribution is 2.02. The van der Waals surface area contributed by atoms with Crippen molar-refractivity contribution in [2.45, 2.75) is 0 Å². The standard InChI is InChI=1S/C20H26N2O7/c1-3-10-26-12-7-21(8-13-27-11-4-2)20(25)17-29-16-15-28-14-9-22-18(23)5-6-19(22)24/h1-2,5-6H,7-17H2. The van der Waals surface area contributed by atoms with Crippen molar-refractivity contribution < 1.29 is 33.3 Å². The lowest BCUT2D eigenvalue weighted by molar-refractivity contribution is -0.139. The van der Waals surface area contributed by atoms with Crippen molar-refractivity contribution in [1.29, 1.82) is 0 Å². The van der Waals surface area contributed by atoms with Crippen LogP contribution >= 0.6 is 0 Å². The molecule has 1 aliphatic heterocycles. The molecule has 0 fully saturated rings. The zero-order chi connectivity index (χ0) is 21.3. The summed E-state index contributed by atoms with van der Waals surface area (Å²) in [5, 5.41) is 0. The first-order chi connectivity index (χ1) is 14.1. The zero-order valence-corrected chi connectivity index (χ0v) is 16.3. The summed E-state index contributed by atoms with van der Waals surface area (Å²) in [6, 6.07) is 0. The Balaban J connectivity index is 2.18. The molecule has 9 nitrogen and oxygen atoms in total. The SMILES string of the molecule is C#CCOCCN(CCOCC#C)C(=O)COCCOCCN1C(=O)C=CC1=O. The van der Waals surface area contributed by atoms with Crippen LogP contribution in [-0.4, -0.2) is 100 Å². The molecule has 0 aromatic carbocycles. The van der Waals surface area contributed by atoms with E-state index in [2.05, 4.69) is 11.8 Å². The van der Waals surface area contributed by atoms with Crippen LogP contribution in [0, 0.1) is 24.7 Å². The van der Waals surface area contributed by atoms with Crippen molar-refractivity contribution in [2.24, 2.45) is 0 Å². The number of rotatable bonds is 16. The fourth-order valence-corrected chi connectivity index (χ4v) is 2.25. The molecule has 0 aromatic rings. The Morgan fingerprint density at radius 1 is 0.862 bits per heavy atom. The second kappa shape index (κ2) is 15.3. The number of carbonyl (C=O) groups is 3. The summed E-state index contributed by atoms with van der Waals surface area (Å²) < 4.78 is 21.0.